The second kappa shape index (κ2) is 4.40. The molecular formula is C10H17NO2. The fourth-order valence-electron chi connectivity index (χ4n) is 1.79. The van der Waals surface area contributed by atoms with Crippen LogP contribution in [0.15, 0.2) is 0 Å². The molecule has 0 aliphatic carbocycles. The highest BCUT2D eigenvalue weighted by Gasteiger charge is 2.23. The van der Waals surface area contributed by atoms with E-state index in [0.29, 0.717) is 5.92 Å². The number of hydrogen-bond donors (Lipinski definition) is 0. The number of rotatable bonds is 1. The van der Waals surface area contributed by atoms with Crippen molar-refractivity contribution >= 4 is 12.2 Å². The summed E-state index contributed by atoms with van der Waals surface area (Å²) in [5, 5.41) is 0. The summed E-state index contributed by atoms with van der Waals surface area (Å²) in [6.07, 6.45) is 2.81. The first-order chi connectivity index (χ1) is 6.15. The van der Waals surface area contributed by atoms with Crippen molar-refractivity contribution < 1.29 is 9.59 Å². The lowest BCUT2D eigenvalue weighted by Gasteiger charge is -2.17. The molecule has 0 radical (unpaired) electrons. The molecular weight excluding hydrogens is 166 g/mol. The van der Waals surface area contributed by atoms with Gasteiger partial charge in [-0.1, -0.05) is 6.92 Å². The van der Waals surface area contributed by atoms with Gasteiger partial charge in [0.05, 0.1) is 0 Å². The van der Waals surface area contributed by atoms with E-state index in [1.807, 2.05) is 4.90 Å². The monoisotopic (exact) mass is 183 g/mol. The average Bonchev–Trinajstić information content (AvgIpc) is 2.27. The van der Waals surface area contributed by atoms with Crippen molar-refractivity contribution in [2.24, 2.45) is 11.8 Å². The van der Waals surface area contributed by atoms with Crippen molar-refractivity contribution in [3.8, 4) is 0 Å². The van der Waals surface area contributed by atoms with Crippen molar-refractivity contribution in [2.75, 3.05) is 13.1 Å². The topological polar surface area (TPSA) is 37.4 Å². The van der Waals surface area contributed by atoms with Crippen LogP contribution < -0.4 is 0 Å². The van der Waals surface area contributed by atoms with Gasteiger partial charge in [-0.15, -0.1) is 0 Å². The fraction of sp³-hybridized carbons (Fsp3) is 0.800. The largest absolute Gasteiger partial charge is 0.343 e. The van der Waals surface area contributed by atoms with Crippen molar-refractivity contribution in [2.45, 2.75) is 26.7 Å². The van der Waals surface area contributed by atoms with E-state index in [0.717, 1.165) is 32.2 Å². The summed E-state index contributed by atoms with van der Waals surface area (Å²) in [7, 11) is 0. The van der Waals surface area contributed by atoms with Crippen LogP contribution in [0.3, 0.4) is 0 Å². The van der Waals surface area contributed by atoms with Crippen LogP contribution in [0.1, 0.15) is 26.7 Å². The van der Waals surface area contributed by atoms with Gasteiger partial charge in [0.15, 0.2) is 0 Å². The van der Waals surface area contributed by atoms with E-state index in [9.17, 15) is 9.59 Å². The molecule has 1 heterocycles. The Labute approximate surface area is 79.1 Å². The Morgan fingerprint density at radius 3 is 2.54 bits per heavy atom. The quantitative estimate of drug-likeness (QED) is 0.570. The molecule has 0 aromatic rings. The number of carbonyl (C=O) groups excluding carboxylic acids is 2. The molecule has 2 unspecified atom stereocenters. The van der Waals surface area contributed by atoms with Crippen LogP contribution >= 0.6 is 0 Å². The lowest BCUT2D eigenvalue weighted by atomic mass is 9.91. The standard InChI is InChI=1S/C10H17NO2/c1-8-3-5-11(9(2)13)6-4-10(8)7-12/h7-8,10H,3-6H2,1-2H3. The first-order valence-electron chi connectivity index (χ1n) is 4.86. The molecule has 0 aromatic carbocycles. The highest BCUT2D eigenvalue weighted by Crippen LogP contribution is 2.21. The van der Waals surface area contributed by atoms with Gasteiger partial charge in [0, 0.05) is 25.9 Å². The third-order valence-corrected chi connectivity index (χ3v) is 2.94. The van der Waals surface area contributed by atoms with Gasteiger partial charge in [-0.2, -0.15) is 0 Å². The zero-order valence-electron chi connectivity index (χ0n) is 8.32. The van der Waals surface area contributed by atoms with Crippen molar-refractivity contribution in [3.63, 3.8) is 0 Å². The molecule has 0 N–H and O–H groups in total. The maximum absolute atomic E-state index is 11.1. The Kier molecular flexibility index (Phi) is 3.46. The minimum atomic E-state index is 0.124. The molecule has 1 rings (SSSR count). The Balaban J connectivity index is 2.56. The molecule has 0 saturated carbocycles. The summed E-state index contributed by atoms with van der Waals surface area (Å²) in [6.45, 7) is 5.22. The van der Waals surface area contributed by atoms with Gasteiger partial charge in [-0.05, 0) is 18.8 Å². The normalized spacial score (nSPS) is 29.5. The zero-order valence-corrected chi connectivity index (χ0v) is 8.32. The summed E-state index contributed by atoms with van der Waals surface area (Å²) in [6, 6.07) is 0. The zero-order chi connectivity index (χ0) is 9.84. The molecule has 2 atom stereocenters. The molecule has 0 bridgehead atoms. The molecule has 1 fully saturated rings. The molecule has 3 nitrogen and oxygen atoms in total. The first kappa shape index (κ1) is 10.2. The van der Waals surface area contributed by atoms with Gasteiger partial charge in [0.25, 0.3) is 0 Å². The lowest BCUT2D eigenvalue weighted by molar-refractivity contribution is -0.128. The maximum atomic E-state index is 11.1. The lowest BCUT2D eigenvalue weighted by Crippen LogP contribution is -2.29. The van der Waals surface area contributed by atoms with Crippen molar-refractivity contribution in [1.29, 1.82) is 0 Å². The molecule has 1 amide bonds. The summed E-state index contributed by atoms with van der Waals surface area (Å²) < 4.78 is 0. The van der Waals surface area contributed by atoms with Gasteiger partial charge >= 0.3 is 0 Å². The Morgan fingerprint density at radius 2 is 2.00 bits per heavy atom. The van der Waals surface area contributed by atoms with Crippen LogP contribution in [-0.4, -0.2) is 30.2 Å². The molecule has 1 saturated heterocycles. The summed E-state index contributed by atoms with van der Waals surface area (Å²) in [4.78, 5) is 23.6. The van der Waals surface area contributed by atoms with Crippen LogP contribution in [0.25, 0.3) is 0 Å². The Morgan fingerprint density at radius 1 is 1.38 bits per heavy atom. The third-order valence-electron chi connectivity index (χ3n) is 2.94. The van der Waals surface area contributed by atoms with Crippen LogP contribution in [0.5, 0.6) is 0 Å². The molecule has 1 aliphatic rings. The SMILES string of the molecule is CC(=O)N1CCC(C)C(C=O)CC1. The van der Waals surface area contributed by atoms with Gasteiger partial charge in [-0.3, -0.25) is 4.79 Å². The molecule has 3 heteroatoms. The molecule has 13 heavy (non-hydrogen) atoms. The molecule has 74 valence electrons. The predicted molar refractivity (Wildman–Crippen MR) is 50.2 cm³/mol. The highest BCUT2D eigenvalue weighted by molar-refractivity contribution is 5.73. The van der Waals surface area contributed by atoms with Crippen LogP contribution in [0.2, 0.25) is 0 Å². The molecule has 0 spiro atoms. The number of likely N-dealkylation sites (tertiary alicyclic amines) is 1. The summed E-state index contributed by atoms with van der Waals surface area (Å²) >= 11 is 0. The number of nitrogens with zero attached hydrogens (tertiary/aromatic N) is 1. The van der Waals surface area contributed by atoms with Crippen LogP contribution in [0.4, 0.5) is 0 Å². The Hall–Kier alpha value is -0.860. The minimum Gasteiger partial charge on any atom is -0.343 e. The Bertz CT molecular complexity index is 203. The number of aldehydes is 1. The number of hydrogen-bond acceptors (Lipinski definition) is 2. The molecule has 0 aromatic heterocycles. The minimum absolute atomic E-state index is 0.124. The van der Waals surface area contributed by atoms with Gasteiger partial charge < -0.3 is 9.69 Å². The number of carbonyl (C=O) groups is 2. The maximum Gasteiger partial charge on any atom is 0.219 e. The van der Waals surface area contributed by atoms with Gasteiger partial charge in [0.1, 0.15) is 6.29 Å². The van der Waals surface area contributed by atoms with Crippen LogP contribution in [0, 0.1) is 11.8 Å². The van der Waals surface area contributed by atoms with Crippen LogP contribution in [-0.2, 0) is 9.59 Å². The van der Waals surface area contributed by atoms with Crippen molar-refractivity contribution in [1.82, 2.24) is 4.90 Å². The fourth-order valence-corrected chi connectivity index (χ4v) is 1.79. The van der Waals surface area contributed by atoms with Gasteiger partial charge in [-0.25, -0.2) is 0 Å². The third kappa shape index (κ3) is 2.54. The van der Waals surface area contributed by atoms with E-state index in [1.165, 1.54) is 0 Å². The average molecular weight is 183 g/mol. The van der Waals surface area contributed by atoms with Gasteiger partial charge in [0.2, 0.25) is 5.91 Å². The van der Waals surface area contributed by atoms with E-state index >= 15 is 0 Å². The summed E-state index contributed by atoms with van der Waals surface area (Å²) in [5.41, 5.74) is 0. The first-order valence-corrected chi connectivity index (χ1v) is 4.86. The summed E-state index contributed by atoms with van der Waals surface area (Å²) in [5.74, 6) is 0.685. The predicted octanol–water partition coefficient (Wildman–Crippen LogP) is 1.08. The van der Waals surface area contributed by atoms with E-state index < -0.39 is 0 Å². The smallest absolute Gasteiger partial charge is 0.219 e. The second-order valence-corrected chi connectivity index (χ2v) is 3.86. The van der Waals surface area contributed by atoms with E-state index in [4.69, 9.17) is 0 Å². The highest BCUT2D eigenvalue weighted by atomic mass is 16.2. The van der Waals surface area contributed by atoms with E-state index in [-0.39, 0.29) is 11.8 Å². The van der Waals surface area contributed by atoms with E-state index in [1.54, 1.807) is 6.92 Å². The second-order valence-electron chi connectivity index (χ2n) is 3.86. The molecule has 1 aliphatic heterocycles. The van der Waals surface area contributed by atoms with Crippen molar-refractivity contribution in [3.05, 3.63) is 0 Å². The van der Waals surface area contributed by atoms with E-state index in [2.05, 4.69) is 6.92 Å². The number of amides is 1.